The van der Waals surface area contributed by atoms with Crippen LogP contribution in [0.25, 0.3) is 11.3 Å². The molecule has 3 rings (SSSR count). The molecule has 0 spiro atoms. The summed E-state index contributed by atoms with van der Waals surface area (Å²) in [6.07, 6.45) is 2.44. The average molecular weight is 246 g/mol. The molecule has 0 radical (unpaired) electrons. The van der Waals surface area contributed by atoms with Crippen molar-refractivity contribution in [2.24, 2.45) is 0 Å². The van der Waals surface area contributed by atoms with E-state index < -0.39 is 0 Å². The topological polar surface area (TPSA) is 48.1 Å². The number of hydrogen-bond donors (Lipinski definition) is 1. The number of rotatable bonds is 2. The van der Waals surface area contributed by atoms with Gasteiger partial charge in [0.05, 0.1) is 5.69 Å². The van der Waals surface area contributed by atoms with Crippen molar-refractivity contribution in [3.63, 3.8) is 0 Å². The van der Waals surface area contributed by atoms with Gasteiger partial charge in [-0.15, -0.1) is 11.3 Å². The van der Waals surface area contributed by atoms with Gasteiger partial charge in [-0.3, -0.25) is 0 Å². The molecule has 1 aromatic heterocycles. The molecule has 0 bridgehead atoms. The van der Waals surface area contributed by atoms with Crippen molar-refractivity contribution >= 4 is 17.0 Å². The van der Waals surface area contributed by atoms with E-state index in [4.69, 9.17) is 10.5 Å². The Hall–Kier alpha value is -1.39. The number of hydrogen-bond acceptors (Lipinski definition) is 4. The third-order valence-corrected chi connectivity index (χ3v) is 3.87. The number of benzene rings is 1. The van der Waals surface area contributed by atoms with E-state index in [9.17, 15) is 0 Å². The number of nitrogen functional groups attached to an aromatic ring is 1. The Balaban J connectivity index is 1.86. The molecule has 1 aromatic carbocycles. The van der Waals surface area contributed by atoms with Gasteiger partial charge in [-0.2, -0.15) is 0 Å². The van der Waals surface area contributed by atoms with E-state index in [-0.39, 0.29) is 6.10 Å². The number of thiazole rings is 1. The number of nitrogens with two attached hydrogens (primary N) is 1. The fourth-order valence-electron chi connectivity index (χ4n) is 1.99. The first-order chi connectivity index (χ1) is 8.33. The zero-order valence-electron chi connectivity index (χ0n) is 9.43. The molecule has 3 nitrogen and oxygen atoms in total. The lowest BCUT2D eigenvalue weighted by Crippen LogP contribution is -1.94. The summed E-state index contributed by atoms with van der Waals surface area (Å²) in [5, 5.41) is 3.18. The van der Waals surface area contributed by atoms with E-state index in [1.165, 1.54) is 0 Å². The zero-order chi connectivity index (χ0) is 11.7. The highest BCUT2D eigenvalue weighted by molar-refractivity contribution is 7.10. The van der Waals surface area contributed by atoms with Crippen molar-refractivity contribution in [3.8, 4) is 11.3 Å². The van der Waals surface area contributed by atoms with E-state index in [1.54, 1.807) is 11.3 Å². The van der Waals surface area contributed by atoms with Crippen LogP contribution in [-0.2, 0) is 4.74 Å². The lowest BCUT2D eigenvalue weighted by atomic mass is 10.1. The van der Waals surface area contributed by atoms with Gasteiger partial charge in [0.15, 0.2) is 0 Å². The molecular weight excluding hydrogens is 232 g/mol. The van der Waals surface area contributed by atoms with Gasteiger partial charge >= 0.3 is 0 Å². The number of nitrogens with zero attached hydrogens (tertiary/aromatic N) is 1. The number of anilines is 1. The number of aromatic nitrogens is 1. The van der Waals surface area contributed by atoms with E-state index in [0.717, 1.165) is 41.4 Å². The van der Waals surface area contributed by atoms with Crippen LogP contribution in [0, 0.1) is 0 Å². The van der Waals surface area contributed by atoms with Gasteiger partial charge in [-0.05, 0) is 25.0 Å². The van der Waals surface area contributed by atoms with Crippen LogP contribution in [0.5, 0.6) is 0 Å². The molecule has 2 N–H and O–H groups in total. The summed E-state index contributed by atoms with van der Waals surface area (Å²) in [6, 6.07) is 7.81. The van der Waals surface area contributed by atoms with E-state index in [0.29, 0.717) is 0 Å². The first-order valence-corrected chi connectivity index (χ1v) is 6.64. The molecule has 1 unspecified atom stereocenters. The second-order valence-corrected chi connectivity index (χ2v) is 5.08. The van der Waals surface area contributed by atoms with Crippen molar-refractivity contribution in [2.45, 2.75) is 18.9 Å². The van der Waals surface area contributed by atoms with E-state index in [1.807, 2.05) is 24.3 Å². The van der Waals surface area contributed by atoms with Crippen molar-refractivity contribution in [3.05, 3.63) is 34.7 Å². The first-order valence-electron chi connectivity index (χ1n) is 5.76. The fraction of sp³-hybridized carbons (Fsp3) is 0.308. The molecule has 17 heavy (non-hydrogen) atoms. The normalized spacial score (nSPS) is 19.6. The van der Waals surface area contributed by atoms with Crippen LogP contribution in [0.4, 0.5) is 5.69 Å². The Morgan fingerprint density at radius 1 is 1.29 bits per heavy atom. The Morgan fingerprint density at radius 3 is 2.82 bits per heavy atom. The molecule has 1 fully saturated rings. The molecule has 0 amide bonds. The largest absolute Gasteiger partial charge is 0.399 e. The summed E-state index contributed by atoms with van der Waals surface area (Å²) < 4.78 is 5.64. The van der Waals surface area contributed by atoms with Gasteiger partial charge in [0, 0.05) is 23.2 Å². The third kappa shape index (κ3) is 2.18. The zero-order valence-corrected chi connectivity index (χ0v) is 10.2. The second-order valence-electron chi connectivity index (χ2n) is 4.19. The lowest BCUT2D eigenvalue weighted by molar-refractivity contribution is 0.112. The van der Waals surface area contributed by atoms with Crippen LogP contribution in [0.1, 0.15) is 24.0 Å². The molecule has 1 saturated heterocycles. The van der Waals surface area contributed by atoms with Crippen molar-refractivity contribution in [1.82, 2.24) is 4.98 Å². The van der Waals surface area contributed by atoms with Crippen LogP contribution < -0.4 is 5.73 Å². The quantitative estimate of drug-likeness (QED) is 0.827. The predicted octanol–water partition coefficient (Wildman–Crippen LogP) is 3.24. The Kier molecular flexibility index (Phi) is 2.82. The van der Waals surface area contributed by atoms with E-state index >= 15 is 0 Å². The highest BCUT2D eigenvalue weighted by Crippen LogP contribution is 2.33. The fourth-order valence-corrected chi connectivity index (χ4v) is 2.90. The minimum absolute atomic E-state index is 0.211. The van der Waals surface area contributed by atoms with Crippen LogP contribution in [-0.4, -0.2) is 11.6 Å². The van der Waals surface area contributed by atoms with Gasteiger partial charge in [0.2, 0.25) is 0 Å². The van der Waals surface area contributed by atoms with Gasteiger partial charge < -0.3 is 10.5 Å². The molecule has 1 aliphatic heterocycles. The molecule has 2 aromatic rings. The van der Waals surface area contributed by atoms with Gasteiger partial charge in [0.25, 0.3) is 0 Å². The molecular formula is C13H14N2OS. The Bertz CT molecular complexity index is 500. The standard InChI is InChI=1S/C13H14N2OS/c14-10-5-3-9(4-6-10)11-8-17-13(15-11)12-2-1-7-16-12/h3-6,8,12H,1-2,7,14H2. The smallest absolute Gasteiger partial charge is 0.122 e. The van der Waals surface area contributed by atoms with Crippen molar-refractivity contribution in [2.75, 3.05) is 12.3 Å². The van der Waals surface area contributed by atoms with Crippen molar-refractivity contribution in [1.29, 1.82) is 0 Å². The second kappa shape index (κ2) is 4.47. The molecule has 0 aliphatic carbocycles. The first kappa shape index (κ1) is 10.7. The van der Waals surface area contributed by atoms with E-state index in [2.05, 4.69) is 10.4 Å². The van der Waals surface area contributed by atoms with Gasteiger partial charge in [-0.25, -0.2) is 4.98 Å². The molecule has 4 heteroatoms. The maximum atomic E-state index is 5.67. The summed E-state index contributed by atoms with van der Waals surface area (Å²) >= 11 is 1.68. The SMILES string of the molecule is Nc1ccc(-c2csc(C3CCCO3)n2)cc1. The average Bonchev–Trinajstić information content (AvgIpc) is 3.00. The predicted molar refractivity (Wildman–Crippen MR) is 69.9 cm³/mol. The molecule has 88 valence electrons. The minimum atomic E-state index is 0.211. The van der Waals surface area contributed by atoms with Crippen molar-refractivity contribution < 1.29 is 4.74 Å². The Labute approximate surface area is 104 Å². The third-order valence-electron chi connectivity index (χ3n) is 2.93. The van der Waals surface area contributed by atoms with Crippen LogP contribution in [0.3, 0.4) is 0 Å². The monoisotopic (exact) mass is 246 g/mol. The van der Waals surface area contributed by atoms with Crippen LogP contribution in [0.2, 0.25) is 0 Å². The maximum Gasteiger partial charge on any atom is 0.122 e. The van der Waals surface area contributed by atoms with Gasteiger partial charge in [-0.1, -0.05) is 12.1 Å². The molecule has 1 aliphatic rings. The summed E-state index contributed by atoms with van der Waals surface area (Å²) in [5.41, 5.74) is 8.58. The lowest BCUT2D eigenvalue weighted by Gasteiger charge is -2.03. The van der Waals surface area contributed by atoms with Crippen LogP contribution in [0.15, 0.2) is 29.6 Å². The summed E-state index contributed by atoms with van der Waals surface area (Å²) in [6.45, 7) is 0.863. The highest BCUT2D eigenvalue weighted by Gasteiger charge is 2.20. The molecule has 2 heterocycles. The van der Waals surface area contributed by atoms with Crippen LogP contribution >= 0.6 is 11.3 Å². The summed E-state index contributed by atoms with van der Waals surface area (Å²) in [4.78, 5) is 4.64. The van der Waals surface area contributed by atoms with Gasteiger partial charge in [0.1, 0.15) is 11.1 Å². The highest BCUT2D eigenvalue weighted by atomic mass is 32.1. The summed E-state index contributed by atoms with van der Waals surface area (Å²) in [5.74, 6) is 0. The maximum absolute atomic E-state index is 5.67. The molecule has 0 saturated carbocycles. The molecule has 1 atom stereocenters. The Morgan fingerprint density at radius 2 is 2.12 bits per heavy atom. The summed E-state index contributed by atoms with van der Waals surface area (Å²) in [7, 11) is 0. The number of ether oxygens (including phenoxy) is 1. The minimum Gasteiger partial charge on any atom is -0.399 e.